The van der Waals surface area contributed by atoms with E-state index in [0.29, 0.717) is 0 Å². The third-order valence-corrected chi connectivity index (χ3v) is 5.09. The Labute approximate surface area is 138 Å². The van der Waals surface area contributed by atoms with Gasteiger partial charge in [0, 0.05) is 16.3 Å². The zero-order valence-electron chi connectivity index (χ0n) is 13.2. The molecule has 1 rings (SSSR count). The molecular weight excluding hydrogens is 302 g/mol. The van der Waals surface area contributed by atoms with E-state index in [2.05, 4.69) is 25.2 Å². The van der Waals surface area contributed by atoms with Gasteiger partial charge >= 0.3 is 0 Å². The van der Waals surface area contributed by atoms with Gasteiger partial charge in [-0.2, -0.15) is 11.8 Å². The van der Waals surface area contributed by atoms with Crippen molar-refractivity contribution in [2.75, 3.05) is 18.9 Å². The molecule has 0 heterocycles. The predicted molar refractivity (Wildman–Crippen MR) is 95.2 cm³/mol. The second kappa shape index (κ2) is 10.5. The van der Waals surface area contributed by atoms with Crippen molar-refractivity contribution in [2.45, 2.75) is 50.8 Å². The smallest absolute Gasteiger partial charge is 0.0610 e. The molecule has 2 nitrogen and oxygen atoms in total. The zero-order chi connectivity index (χ0) is 15.6. The topological polar surface area (TPSA) is 32.3 Å². The molecule has 0 aliphatic heterocycles. The van der Waals surface area contributed by atoms with Gasteiger partial charge in [0.1, 0.15) is 0 Å². The Morgan fingerprint density at radius 1 is 1.29 bits per heavy atom. The average molecular weight is 330 g/mol. The third kappa shape index (κ3) is 7.55. The minimum Gasteiger partial charge on any atom is -0.394 e. The van der Waals surface area contributed by atoms with E-state index in [-0.39, 0.29) is 12.1 Å². The lowest BCUT2D eigenvalue weighted by molar-refractivity contribution is 0.163. The van der Waals surface area contributed by atoms with Crippen LogP contribution in [0, 0.1) is 0 Å². The molecule has 1 aromatic carbocycles. The van der Waals surface area contributed by atoms with Gasteiger partial charge in [-0.3, -0.25) is 0 Å². The first kappa shape index (κ1) is 18.8. The van der Waals surface area contributed by atoms with E-state index in [4.69, 9.17) is 11.6 Å². The second-order valence-electron chi connectivity index (χ2n) is 5.75. The van der Waals surface area contributed by atoms with Crippen LogP contribution in [0.3, 0.4) is 0 Å². The number of halogens is 1. The van der Waals surface area contributed by atoms with E-state index in [0.717, 1.165) is 42.3 Å². The summed E-state index contributed by atoms with van der Waals surface area (Å²) < 4.78 is 0. The number of hydrogen-bond acceptors (Lipinski definition) is 3. The molecule has 0 aliphatic carbocycles. The maximum absolute atomic E-state index is 9.51. The highest BCUT2D eigenvalue weighted by Gasteiger charge is 2.21. The summed E-state index contributed by atoms with van der Waals surface area (Å²) in [5, 5.41) is 13.8. The molecule has 1 atom stereocenters. The van der Waals surface area contributed by atoms with Crippen molar-refractivity contribution in [1.29, 1.82) is 0 Å². The van der Waals surface area contributed by atoms with Crippen molar-refractivity contribution >= 4 is 23.4 Å². The quantitative estimate of drug-likeness (QED) is 0.586. The average Bonchev–Trinajstić information content (AvgIpc) is 2.50. The Morgan fingerprint density at radius 2 is 2.05 bits per heavy atom. The van der Waals surface area contributed by atoms with E-state index >= 15 is 0 Å². The Morgan fingerprint density at radius 3 is 2.71 bits per heavy atom. The van der Waals surface area contributed by atoms with Gasteiger partial charge in [0.05, 0.1) is 6.61 Å². The number of benzene rings is 1. The molecule has 1 unspecified atom stereocenters. The Kier molecular flexibility index (Phi) is 9.41. The van der Waals surface area contributed by atoms with Gasteiger partial charge < -0.3 is 10.4 Å². The number of hydrogen-bond donors (Lipinski definition) is 2. The molecule has 0 spiro atoms. The Balaban J connectivity index is 2.15. The first-order valence-corrected chi connectivity index (χ1v) is 9.31. The fourth-order valence-electron chi connectivity index (χ4n) is 2.17. The molecule has 0 aliphatic rings. The van der Waals surface area contributed by atoms with E-state index in [1.807, 2.05) is 30.0 Å². The van der Waals surface area contributed by atoms with Gasteiger partial charge in [-0.25, -0.2) is 0 Å². The van der Waals surface area contributed by atoms with Crippen LogP contribution in [0.2, 0.25) is 5.02 Å². The lowest BCUT2D eigenvalue weighted by atomic mass is 9.96. The molecule has 0 saturated carbocycles. The van der Waals surface area contributed by atoms with E-state index in [1.54, 1.807) is 0 Å². The van der Waals surface area contributed by atoms with Crippen molar-refractivity contribution < 1.29 is 5.11 Å². The lowest BCUT2D eigenvalue weighted by Crippen LogP contribution is -2.46. The molecule has 2 N–H and O–H groups in total. The summed E-state index contributed by atoms with van der Waals surface area (Å²) >= 11 is 8.07. The number of unbranched alkanes of at least 4 members (excludes halogenated alkanes) is 1. The van der Waals surface area contributed by atoms with Crippen LogP contribution in [-0.2, 0) is 5.75 Å². The fraction of sp³-hybridized carbons (Fsp3) is 0.647. The molecule has 0 amide bonds. The van der Waals surface area contributed by atoms with Gasteiger partial charge in [0.25, 0.3) is 0 Å². The predicted octanol–water partition coefficient (Wildman–Crippen LogP) is 4.49. The van der Waals surface area contributed by atoms with Gasteiger partial charge in [0.15, 0.2) is 0 Å². The van der Waals surface area contributed by atoms with Crippen molar-refractivity contribution in [3.05, 3.63) is 34.9 Å². The molecule has 0 fully saturated rings. The zero-order valence-corrected chi connectivity index (χ0v) is 14.8. The molecular formula is C17H28ClNOS. The molecule has 0 saturated heterocycles. The van der Waals surface area contributed by atoms with Crippen molar-refractivity contribution in [3.63, 3.8) is 0 Å². The first-order chi connectivity index (χ1) is 10.1. The molecule has 1 aromatic rings. The minimum atomic E-state index is -0.122. The molecule has 120 valence electrons. The minimum absolute atomic E-state index is 0.122. The second-order valence-corrected chi connectivity index (χ2v) is 7.26. The summed E-state index contributed by atoms with van der Waals surface area (Å²) in [4.78, 5) is 0. The van der Waals surface area contributed by atoms with E-state index in [9.17, 15) is 5.11 Å². The van der Waals surface area contributed by atoms with Crippen LogP contribution < -0.4 is 5.32 Å². The van der Waals surface area contributed by atoms with Gasteiger partial charge in [-0.15, -0.1) is 0 Å². The summed E-state index contributed by atoms with van der Waals surface area (Å²) in [7, 11) is 0. The molecule has 0 radical (unpaired) electrons. The largest absolute Gasteiger partial charge is 0.394 e. The SMILES string of the molecule is CCCNC(C)(CO)CCCCSCc1ccccc1Cl. The number of aliphatic hydroxyl groups excluding tert-OH is 1. The number of rotatable bonds is 11. The lowest BCUT2D eigenvalue weighted by Gasteiger charge is -2.28. The Hall–Kier alpha value is -0.220. The van der Waals surface area contributed by atoms with Gasteiger partial charge in [-0.1, -0.05) is 43.1 Å². The van der Waals surface area contributed by atoms with Crippen molar-refractivity contribution in [1.82, 2.24) is 5.32 Å². The standard InChI is InChI=1S/C17H28ClNOS/c1-3-11-19-17(2,14-20)10-6-7-12-21-13-15-8-4-5-9-16(15)18/h4-5,8-9,19-20H,3,6-7,10-14H2,1-2H3. The van der Waals surface area contributed by atoms with Crippen LogP contribution >= 0.6 is 23.4 Å². The van der Waals surface area contributed by atoms with Crippen LogP contribution in [0.5, 0.6) is 0 Å². The van der Waals surface area contributed by atoms with Crippen LogP contribution in [0.1, 0.15) is 45.1 Å². The van der Waals surface area contributed by atoms with Crippen LogP contribution in [-0.4, -0.2) is 29.5 Å². The van der Waals surface area contributed by atoms with E-state index in [1.165, 1.54) is 12.0 Å². The molecule has 4 heteroatoms. The highest BCUT2D eigenvalue weighted by Crippen LogP contribution is 2.22. The van der Waals surface area contributed by atoms with Crippen molar-refractivity contribution in [2.24, 2.45) is 0 Å². The van der Waals surface area contributed by atoms with E-state index < -0.39 is 0 Å². The number of nitrogens with one attached hydrogen (secondary N) is 1. The normalized spacial score (nSPS) is 14.1. The van der Waals surface area contributed by atoms with Crippen molar-refractivity contribution in [3.8, 4) is 0 Å². The summed E-state index contributed by atoms with van der Waals surface area (Å²) in [5.41, 5.74) is 1.10. The van der Waals surface area contributed by atoms with Gasteiger partial charge in [-0.05, 0) is 50.1 Å². The summed E-state index contributed by atoms with van der Waals surface area (Å²) in [6.07, 6.45) is 4.45. The van der Waals surface area contributed by atoms with Crippen LogP contribution in [0.25, 0.3) is 0 Å². The highest BCUT2D eigenvalue weighted by molar-refractivity contribution is 7.98. The maximum Gasteiger partial charge on any atom is 0.0610 e. The summed E-state index contributed by atoms with van der Waals surface area (Å²) in [6, 6.07) is 8.04. The number of thioether (sulfide) groups is 1. The third-order valence-electron chi connectivity index (χ3n) is 3.63. The molecule has 0 aromatic heterocycles. The monoisotopic (exact) mass is 329 g/mol. The summed E-state index contributed by atoms with van der Waals surface area (Å²) in [6.45, 7) is 5.44. The fourth-order valence-corrected chi connectivity index (χ4v) is 3.47. The Bertz CT molecular complexity index is 402. The number of aliphatic hydroxyl groups is 1. The molecule has 0 bridgehead atoms. The molecule has 21 heavy (non-hydrogen) atoms. The maximum atomic E-state index is 9.51. The van der Waals surface area contributed by atoms with Crippen LogP contribution in [0.15, 0.2) is 24.3 Å². The van der Waals surface area contributed by atoms with Crippen LogP contribution in [0.4, 0.5) is 0 Å². The first-order valence-electron chi connectivity index (χ1n) is 7.78. The highest BCUT2D eigenvalue weighted by atomic mass is 35.5. The van der Waals surface area contributed by atoms with Gasteiger partial charge in [0.2, 0.25) is 0 Å². The summed E-state index contributed by atoms with van der Waals surface area (Å²) in [5.74, 6) is 2.12.